The number of ether oxygens (including phenoxy) is 1. The summed E-state index contributed by atoms with van der Waals surface area (Å²) in [5.74, 6) is 0.954. The van der Waals surface area contributed by atoms with Crippen LogP contribution in [0, 0.1) is 0 Å². The largest absolute Gasteiger partial charge is 0.497 e. The monoisotopic (exact) mass is 264 g/mol. The highest BCUT2D eigenvalue weighted by Crippen LogP contribution is 2.30. The minimum atomic E-state index is 0. The number of nitrogens with zero attached hydrogens (tertiary/aromatic N) is 2. The number of hydrogen-bond acceptors (Lipinski definition) is 2. The first-order chi connectivity index (χ1) is 8.36. The fourth-order valence-electron chi connectivity index (χ4n) is 2.58. The summed E-state index contributed by atoms with van der Waals surface area (Å²) < 4.78 is 7.50. The van der Waals surface area contributed by atoms with E-state index in [2.05, 4.69) is 33.9 Å². The van der Waals surface area contributed by atoms with Crippen molar-refractivity contribution in [1.82, 2.24) is 9.55 Å². The number of fused-ring (bicyclic) bond motifs is 1. The van der Waals surface area contributed by atoms with Crippen LogP contribution in [0.4, 0.5) is 0 Å². The second kappa shape index (κ2) is 5.44. The number of aromatic nitrogens is 2. The fraction of sp³-hybridized carbons (Fsp3) is 0.357. The van der Waals surface area contributed by atoms with Crippen LogP contribution in [0.5, 0.6) is 5.75 Å². The molecule has 0 saturated carbocycles. The summed E-state index contributed by atoms with van der Waals surface area (Å²) in [5, 5.41) is 0. The Kier molecular flexibility index (Phi) is 3.92. The van der Waals surface area contributed by atoms with Crippen LogP contribution in [-0.2, 0) is 12.8 Å². The lowest BCUT2D eigenvalue weighted by Crippen LogP contribution is -2.17. The van der Waals surface area contributed by atoms with E-state index >= 15 is 0 Å². The average molecular weight is 265 g/mol. The molecule has 18 heavy (non-hydrogen) atoms. The quantitative estimate of drug-likeness (QED) is 0.834. The molecule has 4 heteroatoms. The van der Waals surface area contributed by atoms with Gasteiger partial charge in [-0.05, 0) is 42.5 Å². The second-order valence-corrected chi connectivity index (χ2v) is 4.54. The summed E-state index contributed by atoms with van der Waals surface area (Å²) in [5.41, 5.74) is 2.87. The molecule has 96 valence electrons. The summed E-state index contributed by atoms with van der Waals surface area (Å²) in [6.45, 7) is 0. The highest BCUT2D eigenvalue weighted by Gasteiger charge is 2.19. The van der Waals surface area contributed by atoms with Crippen LogP contribution in [-0.4, -0.2) is 16.7 Å². The molecule has 1 heterocycles. The predicted molar refractivity (Wildman–Crippen MR) is 73.5 cm³/mol. The first-order valence-electron chi connectivity index (χ1n) is 6.00. The molecule has 0 radical (unpaired) electrons. The van der Waals surface area contributed by atoms with Crippen molar-refractivity contribution < 1.29 is 4.74 Å². The third-order valence-electron chi connectivity index (χ3n) is 3.56. The number of methoxy groups -OCH3 is 1. The van der Waals surface area contributed by atoms with Gasteiger partial charge in [0.1, 0.15) is 5.75 Å². The SMILES string of the molecule is COc1ccc2c(c1)CC(n1ccnc1)CC2.Cl. The molecule has 3 rings (SSSR count). The van der Waals surface area contributed by atoms with Gasteiger partial charge in [-0.3, -0.25) is 0 Å². The van der Waals surface area contributed by atoms with Crippen molar-refractivity contribution in [2.24, 2.45) is 0 Å². The van der Waals surface area contributed by atoms with Crippen LogP contribution in [0.2, 0.25) is 0 Å². The van der Waals surface area contributed by atoms with E-state index in [1.807, 2.05) is 12.5 Å². The summed E-state index contributed by atoms with van der Waals surface area (Å²) in [4.78, 5) is 4.13. The third-order valence-corrected chi connectivity index (χ3v) is 3.56. The Balaban J connectivity index is 0.00000120. The van der Waals surface area contributed by atoms with E-state index in [0.717, 1.165) is 18.6 Å². The van der Waals surface area contributed by atoms with Crippen molar-refractivity contribution in [3.63, 3.8) is 0 Å². The van der Waals surface area contributed by atoms with Gasteiger partial charge >= 0.3 is 0 Å². The van der Waals surface area contributed by atoms with Crippen molar-refractivity contribution in [3.05, 3.63) is 48.0 Å². The van der Waals surface area contributed by atoms with E-state index in [9.17, 15) is 0 Å². The highest BCUT2D eigenvalue weighted by atomic mass is 35.5. The smallest absolute Gasteiger partial charge is 0.119 e. The summed E-state index contributed by atoms with van der Waals surface area (Å²) in [6, 6.07) is 6.95. The van der Waals surface area contributed by atoms with Crippen LogP contribution in [0.15, 0.2) is 36.9 Å². The van der Waals surface area contributed by atoms with Gasteiger partial charge in [0.15, 0.2) is 0 Å². The second-order valence-electron chi connectivity index (χ2n) is 4.54. The third kappa shape index (κ3) is 2.36. The van der Waals surface area contributed by atoms with Gasteiger partial charge in [0.25, 0.3) is 0 Å². The lowest BCUT2D eigenvalue weighted by atomic mass is 9.88. The molecule has 0 N–H and O–H groups in total. The van der Waals surface area contributed by atoms with E-state index in [-0.39, 0.29) is 12.4 Å². The molecule has 0 bridgehead atoms. The maximum atomic E-state index is 5.29. The first kappa shape index (κ1) is 13.0. The van der Waals surface area contributed by atoms with Crippen molar-refractivity contribution in [3.8, 4) is 5.75 Å². The van der Waals surface area contributed by atoms with Crippen LogP contribution in [0.3, 0.4) is 0 Å². The lowest BCUT2D eigenvalue weighted by Gasteiger charge is -2.25. The molecule has 0 aliphatic heterocycles. The average Bonchev–Trinajstić information content (AvgIpc) is 2.91. The molecule has 2 aromatic rings. The molecule has 0 fully saturated rings. The summed E-state index contributed by atoms with van der Waals surface area (Å²) in [7, 11) is 1.72. The Hall–Kier alpha value is -1.48. The van der Waals surface area contributed by atoms with E-state index in [1.165, 1.54) is 17.5 Å². The number of benzene rings is 1. The Morgan fingerprint density at radius 3 is 2.94 bits per heavy atom. The summed E-state index contributed by atoms with van der Waals surface area (Å²) >= 11 is 0. The molecule has 3 nitrogen and oxygen atoms in total. The molecule has 0 saturated heterocycles. The number of aryl methyl sites for hydroxylation is 1. The predicted octanol–water partition coefficient (Wildman–Crippen LogP) is 3.04. The van der Waals surface area contributed by atoms with Crippen LogP contribution < -0.4 is 4.74 Å². The van der Waals surface area contributed by atoms with Gasteiger partial charge < -0.3 is 9.30 Å². The molecular formula is C14H17ClN2O. The van der Waals surface area contributed by atoms with E-state index in [1.54, 1.807) is 7.11 Å². The number of rotatable bonds is 2. The van der Waals surface area contributed by atoms with E-state index in [0.29, 0.717) is 6.04 Å². The highest BCUT2D eigenvalue weighted by molar-refractivity contribution is 5.85. The Bertz CT molecular complexity index is 511. The Morgan fingerprint density at radius 2 is 2.22 bits per heavy atom. The molecule has 0 spiro atoms. The van der Waals surface area contributed by atoms with Gasteiger partial charge in [0.2, 0.25) is 0 Å². The molecule has 1 aliphatic carbocycles. The van der Waals surface area contributed by atoms with Gasteiger partial charge in [-0.2, -0.15) is 0 Å². The number of halogens is 1. The molecule has 1 aliphatic rings. The Morgan fingerprint density at radius 1 is 1.33 bits per heavy atom. The number of hydrogen-bond donors (Lipinski definition) is 0. The van der Waals surface area contributed by atoms with Crippen LogP contribution >= 0.6 is 12.4 Å². The molecule has 1 unspecified atom stereocenters. The van der Waals surface area contributed by atoms with Crippen molar-refractivity contribution in [1.29, 1.82) is 0 Å². The van der Waals surface area contributed by atoms with Crippen LogP contribution in [0.1, 0.15) is 23.6 Å². The first-order valence-corrected chi connectivity index (χ1v) is 6.00. The topological polar surface area (TPSA) is 27.1 Å². The van der Waals surface area contributed by atoms with Crippen molar-refractivity contribution in [2.75, 3.05) is 7.11 Å². The molecule has 0 amide bonds. The number of imidazole rings is 1. The molecule has 1 aromatic heterocycles. The molecule has 1 atom stereocenters. The van der Waals surface area contributed by atoms with Gasteiger partial charge in [-0.15, -0.1) is 12.4 Å². The van der Waals surface area contributed by atoms with Crippen LogP contribution in [0.25, 0.3) is 0 Å². The van der Waals surface area contributed by atoms with E-state index < -0.39 is 0 Å². The van der Waals surface area contributed by atoms with Gasteiger partial charge in [-0.25, -0.2) is 4.98 Å². The van der Waals surface area contributed by atoms with Crippen molar-refractivity contribution in [2.45, 2.75) is 25.3 Å². The minimum absolute atomic E-state index is 0. The zero-order chi connectivity index (χ0) is 11.7. The maximum absolute atomic E-state index is 5.29. The standard InChI is InChI=1S/C14H16N2O.ClH/c1-17-14-5-3-11-2-4-13(8-12(11)9-14)16-7-6-15-10-16;/h3,5-7,9-10,13H,2,4,8H2,1H3;1H. The normalized spacial score (nSPS) is 17.7. The van der Waals surface area contributed by atoms with Crippen molar-refractivity contribution >= 4 is 12.4 Å². The fourth-order valence-corrected chi connectivity index (χ4v) is 2.58. The van der Waals surface area contributed by atoms with Gasteiger partial charge in [-0.1, -0.05) is 6.07 Å². The molecule has 1 aromatic carbocycles. The minimum Gasteiger partial charge on any atom is -0.497 e. The molecular weight excluding hydrogens is 248 g/mol. The van der Waals surface area contributed by atoms with Gasteiger partial charge in [0, 0.05) is 18.4 Å². The van der Waals surface area contributed by atoms with Gasteiger partial charge in [0.05, 0.1) is 13.4 Å². The lowest BCUT2D eigenvalue weighted by molar-refractivity contribution is 0.409. The summed E-state index contributed by atoms with van der Waals surface area (Å²) in [6.07, 6.45) is 9.22. The van der Waals surface area contributed by atoms with E-state index in [4.69, 9.17) is 4.74 Å². The maximum Gasteiger partial charge on any atom is 0.119 e. The zero-order valence-electron chi connectivity index (χ0n) is 10.4. The Labute approximate surface area is 113 Å². The zero-order valence-corrected chi connectivity index (χ0v) is 11.2.